The van der Waals surface area contributed by atoms with Crippen LogP contribution < -0.4 is 5.32 Å². The highest BCUT2D eigenvalue weighted by atomic mass is 16.3. The molecule has 5 heteroatoms. The lowest BCUT2D eigenvalue weighted by Gasteiger charge is -2.43. The van der Waals surface area contributed by atoms with Crippen molar-refractivity contribution in [2.45, 2.75) is 20.0 Å². The average Bonchev–Trinajstić information content (AvgIpc) is 2.45. The van der Waals surface area contributed by atoms with E-state index in [-0.39, 0.29) is 12.1 Å². The summed E-state index contributed by atoms with van der Waals surface area (Å²) < 4.78 is 1.12. The zero-order valence-corrected chi connectivity index (χ0v) is 11.8. The van der Waals surface area contributed by atoms with Gasteiger partial charge in [0.1, 0.15) is 6.17 Å². The van der Waals surface area contributed by atoms with Crippen LogP contribution in [0.4, 0.5) is 0 Å². The molecule has 0 aromatic rings. The third-order valence-corrected chi connectivity index (χ3v) is 4.47. The molecular weight excluding hydrogens is 252 g/mol. The number of rotatable bonds is 1. The Morgan fingerprint density at radius 1 is 1.55 bits per heavy atom. The van der Waals surface area contributed by atoms with Gasteiger partial charge in [-0.25, -0.2) is 0 Å². The molecule has 0 radical (unpaired) electrons. The first-order valence-corrected chi connectivity index (χ1v) is 7.05. The van der Waals surface area contributed by atoms with E-state index in [9.17, 15) is 10.2 Å². The maximum Gasteiger partial charge on any atom is 0.215 e. The number of dihydropyridines is 1. The number of allylic oxidation sites excluding steroid dienone is 2. The van der Waals surface area contributed by atoms with Gasteiger partial charge in [-0.05, 0) is 23.8 Å². The Kier molecular flexibility index (Phi) is 3.09. The van der Waals surface area contributed by atoms with Crippen molar-refractivity contribution in [2.75, 3.05) is 13.1 Å². The standard InChI is InChI=1S/C15H19N4O/c1-10(2)13-8-19(20)7-11-6-18(9-16)15-12(14(11)13)4-3-5-17-15/h3-6,10,13-15,17H,7-8H2,1-2H3/q+1. The second-order valence-electron chi connectivity index (χ2n) is 6.01. The van der Waals surface area contributed by atoms with Crippen molar-refractivity contribution in [1.29, 1.82) is 5.26 Å². The summed E-state index contributed by atoms with van der Waals surface area (Å²) in [5.41, 5.74) is 2.27. The monoisotopic (exact) mass is 271 g/mol. The fraction of sp³-hybridized carbons (Fsp3) is 0.533. The fourth-order valence-electron chi connectivity index (χ4n) is 3.51. The van der Waals surface area contributed by atoms with Crippen LogP contribution in [0.3, 0.4) is 0 Å². The summed E-state index contributed by atoms with van der Waals surface area (Å²) in [5.74, 6) is 1.00. The molecule has 0 amide bonds. The summed E-state index contributed by atoms with van der Waals surface area (Å²) in [6, 6.07) is 0. The molecule has 1 saturated heterocycles. The molecule has 0 aromatic heterocycles. The Hall–Kier alpha value is -2.09. The van der Waals surface area contributed by atoms with Gasteiger partial charge in [-0.3, -0.25) is 4.90 Å². The Morgan fingerprint density at radius 3 is 3.05 bits per heavy atom. The quantitative estimate of drug-likeness (QED) is 0.583. The Balaban J connectivity index is 2.08. The van der Waals surface area contributed by atoms with Crippen molar-refractivity contribution in [3.63, 3.8) is 0 Å². The summed E-state index contributed by atoms with van der Waals surface area (Å²) in [6.07, 6.45) is 9.89. The van der Waals surface area contributed by atoms with Crippen molar-refractivity contribution >= 4 is 0 Å². The van der Waals surface area contributed by atoms with Crippen LogP contribution in [0.25, 0.3) is 0 Å². The minimum absolute atomic E-state index is 0.0989. The largest absolute Gasteiger partial charge is 0.367 e. The van der Waals surface area contributed by atoms with Crippen LogP contribution in [0.1, 0.15) is 13.8 Å². The van der Waals surface area contributed by atoms with Gasteiger partial charge in [0.25, 0.3) is 0 Å². The van der Waals surface area contributed by atoms with Crippen LogP contribution >= 0.6 is 0 Å². The Morgan fingerprint density at radius 2 is 2.35 bits per heavy atom. The number of hydrogen-bond acceptors (Lipinski definition) is 4. The molecule has 3 aliphatic rings. The SMILES string of the molecule is CC(C)C1C[N+](=O)CC2=CN(C#N)C3NC=CC=C3C21. The van der Waals surface area contributed by atoms with Gasteiger partial charge in [-0.2, -0.15) is 5.26 Å². The first kappa shape index (κ1) is 12.9. The van der Waals surface area contributed by atoms with Crippen LogP contribution in [0, 0.1) is 34.1 Å². The van der Waals surface area contributed by atoms with Gasteiger partial charge >= 0.3 is 0 Å². The maximum absolute atomic E-state index is 11.9. The second-order valence-corrected chi connectivity index (χ2v) is 6.01. The van der Waals surface area contributed by atoms with Crippen LogP contribution in [0.15, 0.2) is 35.7 Å². The Labute approximate surface area is 118 Å². The molecule has 0 aliphatic carbocycles. The molecule has 3 rings (SSSR count). The van der Waals surface area contributed by atoms with Crippen LogP contribution in [-0.2, 0) is 0 Å². The molecule has 20 heavy (non-hydrogen) atoms. The molecule has 1 fully saturated rings. The van der Waals surface area contributed by atoms with E-state index in [0.29, 0.717) is 24.9 Å². The number of nitrogens with one attached hydrogen (secondary N) is 1. The van der Waals surface area contributed by atoms with Gasteiger partial charge in [0, 0.05) is 33.3 Å². The molecule has 0 bridgehead atoms. The topological polar surface area (TPSA) is 59.1 Å². The van der Waals surface area contributed by atoms with E-state index in [4.69, 9.17) is 0 Å². The van der Waals surface area contributed by atoms with E-state index in [2.05, 4.69) is 31.4 Å². The van der Waals surface area contributed by atoms with Crippen LogP contribution in [0.5, 0.6) is 0 Å². The molecular formula is C15H19N4O+. The minimum atomic E-state index is -0.0989. The highest BCUT2D eigenvalue weighted by Gasteiger charge is 2.46. The number of hydrogen-bond donors (Lipinski definition) is 1. The molecule has 0 aromatic carbocycles. The van der Waals surface area contributed by atoms with Gasteiger partial charge in [-0.1, -0.05) is 19.9 Å². The zero-order valence-electron chi connectivity index (χ0n) is 11.8. The lowest BCUT2D eigenvalue weighted by molar-refractivity contribution is -0.559. The molecule has 104 valence electrons. The third kappa shape index (κ3) is 1.92. The lowest BCUT2D eigenvalue weighted by Crippen LogP contribution is -2.51. The van der Waals surface area contributed by atoms with Crippen molar-refractivity contribution < 1.29 is 4.76 Å². The van der Waals surface area contributed by atoms with Crippen LogP contribution in [0.2, 0.25) is 0 Å². The van der Waals surface area contributed by atoms with E-state index in [1.54, 1.807) is 4.90 Å². The molecule has 5 nitrogen and oxygen atoms in total. The molecule has 3 unspecified atom stereocenters. The highest BCUT2D eigenvalue weighted by molar-refractivity contribution is 5.37. The lowest BCUT2D eigenvalue weighted by atomic mass is 9.70. The Bertz CT molecular complexity index is 567. The van der Waals surface area contributed by atoms with E-state index in [1.165, 1.54) is 5.57 Å². The predicted molar refractivity (Wildman–Crippen MR) is 74.9 cm³/mol. The molecule has 0 saturated carbocycles. The van der Waals surface area contributed by atoms with E-state index >= 15 is 0 Å². The molecule has 3 heterocycles. The van der Waals surface area contributed by atoms with Gasteiger partial charge in [0.15, 0.2) is 12.7 Å². The van der Waals surface area contributed by atoms with E-state index in [0.717, 1.165) is 10.3 Å². The van der Waals surface area contributed by atoms with Gasteiger partial charge in [0.2, 0.25) is 6.54 Å². The van der Waals surface area contributed by atoms with Crippen LogP contribution in [-0.4, -0.2) is 28.9 Å². The molecule has 3 aliphatic heterocycles. The number of nitroso groups, excluding NO2 is 1. The van der Waals surface area contributed by atoms with Crippen molar-refractivity contribution in [2.24, 2.45) is 17.8 Å². The third-order valence-electron chi connectivity index (χ3n) is 4.47. The summed E-state index contributed by atoms with van der Waals surface area (Å²) >= 11 is 0. The number of piperidine rings is 1. The maximum atomic E-state index is 11.9. The van der Waals surface area contributed by atoms with Gasteiger partial charge < -0.3 is 5.32 Å². The molecule has 1 N–H and O–H groups in total. The molecule has 0 spiro atoms. The van der Waals surface area contributed by atoms with Crippen molar-refractivity contribution in [3.8, 4) is 6.19 Å². The summed E-state index contributed by atoms with van der Waals surface area (Å²) in [5, 5.41) is 12.6. The minimum Gasteiger partial charge on any atom is -0.367 e. The zero-order chi connectivity index (χ0) is 14.3. The second kappa shape index (κ2) is 4.78. The molecule has 3 atom stereocenters. The van der Waals surface area contributed by atoms with E-state index < -0.39 is 0 Å². The first-order chi connectivity index (χ1) is 9.61. The normalized spacial score (nSPS) is 31.8. The number of nitrogens with zero attached hydrogens (tertiary/aromatic N) is 3. The van der Waals surface area contributed by atoms with Crippen molar-refractivity contribution in [1.82, 2.24) is 10.2 Å². The highest BCUT2D eigenvalue weighted by Crippen LogP contribution is 2.42. The fourth-order valence-corrected chi connectivity index (χ4v) is 3.51. The number of nitriles is 1. The van der Waals surface area contributed by atoms with Gasteiger partial charge in [0.05, 0.1) is 0 Å². The average molecular weight is 271 g/mol. The first-order valence-electron chi connectivity index (χ1n) is 7.05. The summed E-state index contributed by atoms with van der Waals surface area (Å²) in [7, 11) is 0. The number of fused-ring (bicyclic) bond motifs is 3. The smallest absolute Gasteiger partial charge is 0.215 e. The summed E-state index contributed by atoms with van der Waals surface area (Å²) in [4.78, 5) is 13.5. The predicted octanol–water partition coefficient (Wildman–Crippen LogP) is 1.72. The summed E-state index contributed by atoms with van der Waals surface area (Å²) in [6.45, 7) is 5.30. The van der Waals surface area contributed by atoms with Gasteiger partial charge in [-0.15, -0.1) is 0 Å². The van der Waals surface area contributed by atoms with Crippen molar-refractivity contribution in [3.05, 3.63) is 40.6 Å². The van der Waals surface area contributed by atoms with E-state index in [1.807, 2.05) is 18.5 Å².